The number of imide groups is 6. The predicted octanol–water partition coefficient (Wildman–Crippen LogP) is 11.8. The Morgan fingerprint density at radius 3 is 0.941 bits per heavy atom. The van der Waals surface area contributed by atoms with E-state index in [0.29, 0.717) is 48.7 Å². The Bertz CT molecular complexity index is 4990. The molecule has 0 radical (unpaired) electrons. The number of primary amides is 1. The highest BCUT2D eigenvalue weighted by molar-refractivity contribution is 6.35. The summed E-state index contributed by atoms with van der Waals surface area (Å²) >= 11 is 0. The fraction of sp³-hybridized carbons (Fsp3) is 0.452. The number of nitrogens with one attached hydrogen (secondary N) is 6. The van der Waals surface area contributed by atoms with Crippen LogP contribution >= 0.6 is 0 Å². The highest BCUT2D eigenvalue weighted by Gasteiger charge is 2.45. The van der Waals surface area contributed by atoms with Crippen LogP contribution in [0.5, 0.6) is 0 Å². The van der Waals surface area contributed by atoms with Gasteiger partial charge in [-0.15, -0.1) is 0 Å². The van der Waals surface area contributed by atoms with Crippen molar-refractivity contribution in [2.24, 2.45) is 40.7 Å². The van der Waals surface area contributed by atoms with Crippen LogP contribution in [0, 0.1) is 17.8 Å². The molecule has 0 saturated carbocycles. The summed E-state index contributed by atoms with van der Waals surface area (Å²) in [7, 11) is 0. The zero-order valence-electron chi connectivity index (χ0n) is 79.5. The lowest BCUT2D eigenvalue weighted by molar-refractivity contribution is -0.150. The summed E-state index contributed by atoms with van der Waals surface area (Å²) < 4.78 is 0. The molecule has 14 N–H and O–H groups in total. The Kier molecular flexibility index (Phi) is 45.6. The summed E-state index contributed by atoms with van der Waals surface area (Å²) in [6, 6.07) is 51.1. The van der Waals surface area contributed by atoms with Crippen molar-refractivity contribution in [2.45, 2.75) is 251 Å². The maximum atomic E-state index is 16.6. The summed E-state index contributed by atoms with van der Waals surface area (Å²) in [5.74, 6) is -10.7. The van der Waals surface area contributed by atoms with E-state index in [2.05, 4.69) is 31.9 Å². The number of aryl methyl sites for hydroxylation is 3. The van der Waals surface area contributed by atoms with Gasteiger partial charge in [0.15, 0.2) is 0 Å². The van der Waals surface area contributed by atoms with Crippen molar-refractivity contribution in [3.8, 4) is 0 Å². The number of nitrogens with two attached hydrogens (primary N) is 4. The minimum Gasteiger partial charge on any atom is -0.368 e. The van der Waals surface area contributed by atoms with E-state index in [1.165, 1.54) is 0 Å². The summed E-state index contributed by atoms with van der Waals surface area (Å²) in [6.07, 6.45) is -12.4. The first-order chi connectivity index (χ1) is 65.4. The molecule has 730 valence electrons. The molecule has 1 aliphatic heterocycles. The molecule has 136 heavy (non-hydrogen) atoms. The minimum atomic E-state index is -1.82. The molecule has 0 unspecified atom stereocenters. The standard InChI is InChI=1S/C104H139N17O15/c1-73(2)51-57-91(123)116-71-83(66-79-40-20-10-21-41-79)109-98(130)99(131)115(72-85(108)122)89(68-81-44-24-12-25-45-81)113-104(136)120(96(128)62-56-78-38-18-9-19-39-78)87(49-29-32-64-106)111-102(134)118(94(126)60-54-76-34-14-7-15-35-76)86(48-28-31-63-105)110-101(133)119(95(127)61-55-77-36-16-8-17-37-77)88(50-30-33-65-107)112-103(135)121(93(125)59-53-75(5)6)90(69-82-46-26-13-27-47-82)114-100(132)117(92(124)58-52-74(3)4)84(70-97(116)129)67-80-42-22-11-23-43-80/h7-27,34-47,73-75,83-84,86-90H,28-33,48-72,105-107H2,1-6H3,(H2,108,122)(H,109,130)(H,110,133)(H,111,134)(H,112,135)(H,113,136)(H,114,132)/t83-,84+,86+,87+,88+,89+,90+/m0/s1. The van der Waals surface area contributed by atoms with Crippen LogP contribution in [0.2, 0.25) is 0 Å². The Balaban J connectivity index is 1.46. The molecule has 1 aliphatic rings. The van der Waals surface area contributed by atoms with Gasteiger partial charge in [0.2, 0.25) is 47.3 Å². The van der Waals surface area contributed by atoms with Crippen LogP contribution in [-0.4, -0.2) is 199 Å². The Labute approximate surface area is 799 Å². The molecule has 7 aromatic rings. The monoisotopic (exact) mass is 1870 g/mol. The van der Waals surface area contributed by atoms with Crippen molar-refractivity contribution in [2.75, 3.05) is 32.7 Å². The summed E-state index contributed by atoms with van der Waals surface area (Å²) in [6.45, 7) is 9.65. The largest absolute Gasteiger partial charge is 0.368 e. The molecule has 32 nitrogen and oxygen atoms in total. The van der Waals surface area contributed by atoms with E-state index in [9.17, 15) is 4.79 Å². The lowest BCUT2D eigenvalue weighted by atomic mass is 9.98. The number of amides is 20. The maximum Gasteiger partial charge on any atom is 0.327 e. The van der Waals surface area contributed by atoms with Crippen molar-refractivity contribution in [1.82, 2.24) is 66.2 Å². The van der Waals surface area contributed by atoms with Crippen LogP contribution in [-0.2, 0) is 92.9 Å². The zero-order chi connectivity index (χ0) is 98.4. The molecular formula is C104H139N17O15. The van der Waals surface area contributed by atoms with Crippen LogP contribution in [0.1, 0.15) is 202 Å². The van der Waals surface area contributed by atoms with Crippen LogP contribution in [0.25, 0.3) is 0 Å². The average molecular weight is 1870 g/mol. The number of carbonyl (C=O) groups excluding carboxylic acids is 15. The molecule has 0 aliphatic carbocycles. The van der Waals surface area contributed by atoms with Gasteiger partial charge in [0.25, 0.3) is 0 Å². The number of unbranched alkanes of at least 4 members (excludes halogenated alkanes) is 3. The molecular weight excluding hydrogens is 1730 g/mol. The van der Waals surface area contributed by atoms with E-state index < -0.39 is 177 Å². The third kappa shape index (κ3) is 35.8. The molecule has 1 fully saturated rings. The van der Waals surface area contributed by atoms with Crippen molar-refractivity contribution < 1.29 is 71.9 Å². The molecule has 20 amide bonds. The Morgan fingerprint density at radius 2 is 0.603 bits per heavy atom. The SMILES string of the molecule is CC(C)CCC(=O)N1C[C@H](Cc2ccccc2)NC(=O)C(=O)N(CC(N)=O)[C@H](Cc2ccccc2)NC(=O)N(C(=O)CCc2ccccc2)[C@H](CCCCN)NC(=O)N(C(=O)CCc2ccccc2)[C@H](CCCCN)NC(=O)N(C(=O)CCc2ccccc2)[C@H](CCCCN)NC(=O)N(C(=O)CCC(C)C)[C@H](Cc2ccccc2)NC(=O)N(C(=O)CCC(C)C)[C@H](Cc2ccccc2)CC1=O. The smallest absolute Gasteiger partial charge is 0.327 e. The Hall–Kier alpha value is -13.3. The molecule has 8 rings (SSSR count). The third-order valence-corrected chi connectivity index (χ3v) is 23.6. The van der Waals surface area contributed by atoms with E-state index in [1.807, 2.05) is 41.5 Å². The van der Waals surface area contributed by atoms with Crippen LogP contribution in [0.3, 0.4) is 0 Å². The van der Waals surface area contributed by atoms with E-state index in [-0.39, 0.29) is 172 Å². The average Bonchev–Trinajstić information content (AvgIpc) is 0.807. The number of carbonyl (C=O) groups is 15. The van der Waals surface area contributed by atoms with Gasteiger partial charge in [-0.3, -0.25) is 57.7 Å². The highest BCUT2D eigenvalue weighted by atomic mass is 16.2. The summed E-state index contributed by atoms with van der Waals surface area (Å²) in [5.41, 5.74) is 28.6. The maximum absolute atomic E-state index is 16.6. The van der Waals surface area contributed by atoms with Gasteiger partial charge in [0.05, 0.1) is 12.1 Å². The number of hydrogen-bond acceptors (Lipinski definition) is 18. The van der Waals surface area contributed by atoms with E-state index in [0.717, 1.165) is 24.5 Å². The lowest BCUT2D eigenvalue weighted by Crippen LogP contribution is -2.66. The van der Waals surface area contributed by atoms with Gasteiger partial charge in [0.1, 0.15) is 37.4 Å². The second-order valence-electron chi connectivity index (χ2n) is 35.8. The first-order valence-corrected chi connectivity index (χ1v) is 47.7. The predicted molar refractivity (Wildman–Crippen MR) is 520 cm³/mol. The summed E-state index contributed by atoms with van der Waals surface area (Å²) in [5, 5.41) is 17.1. The fourth-order valence-corrected chi connectivity index (χ4v) is 16.2. The number of rotatable bonds is 40. The fourth-order valence-electron chi connectivity index (χ4n) is 16.2. The van der Waals surface area contributed by atoms with Gasteiger partial charge >= 0.3 is 42.0 Å². The lowest BCUT2D eigenvalue weighted by Gasteiger charge is -2.39. The molecule has 0 aromatic heterocycles. The molecule has 7 aromatic carbocycles. The third-order valence-electron chi connectivity index (χ3n) is 23.6. The van der Waals surface area contributed by atoms with E-state index >= 15 is 67.1 Å². The topological polar surface area (TPSA) is 455 Å². The molecule has 1 saturated heterocycles. The molecule has 1 heterocycles. The number of nitrogens with zero attached hydrogens (tertiary/aromatic N) is 7. The van der Waals surface area contributed by atoms with E-state index in [4.69, 9.17) is 22.9 Å². The molecule has 0 bridgehead atoms. The normalized spacial score (nSPS) is 18.1. The van der Waals surface area contributed by atoms with Crippen molar-refractivity contribution >= 4 is 89.2 Å². The van der Waals surface area contributed by atoms with Crippen LogP contribution < -0.4 is 54.8 Å². The van der Waals surface area contributed by atoms with Gasteiger partial charge in [-0.2, -0.15) is 0 Å². The molecule has 32 heteroatoms. The van der Waals surface area contributed by atoms with Gasteiger partial charge in [-0.05, 0) is 185 Å². The van der Waals surface area contributed by atoms with Crippen molar-refractivity contribution in [3.63, 3.8) is 0 Å². The van der Waals surface area contributed by atoms with Gasteiger partial charge in [-0.25, -0.2) is 43.6 Å². The summed E-state index contributed by atoms with van der Waals surface area (Å²) in [4.78, 5) is 245. The first kappa shape index (κ1) is 108. The van der Waals surface area contributed by atoms with Gasteiger partial charge < -0.3 is 59.7 Å². The van der Waals surface area contributed by atoms with Crippen LogP contribution in [0.4, 0.5) is 24.0 Å². The minimum absolute atomic E-state index is 0.000954. The van der Waals surface area contributed by atoms with E-state index in [1.54, 1.807) is 212 Å². The quantitative estimate of drug-likeness (QED) is 0.0126. The zero-order valence-corrected chi connectivity index (χ0v) is 79.5. The first-order valence-electron chi connectivity index (χ1n) is 47.7. The number of urea groups is 5. The van der Waals surface area contributed by atoms with Crippen LogP contribution in [0.15, 0.2) is 212 Å². The second kappa shape index (κ2) is 57.4. The molecule has 0 spiro atoms. The number of hydrogen-bond donors (Lipinski definition) is 10. The number of benzene rings is 7. The second-order valence-corrected chi connectivity index (χ2v) is 35.8. The Morgan fingerprint density at radius 1 is 0.324 bits per heavy atom. The van der Waals surface area contributed by atoms with Crippen molar-refractivity contribution in [3.05, 3.63) is 251 Å². The van der Waals surface area contributed by atoms with Gasteiger partial charge in [0, 0.05) is 64.3 Å². The van der Waals surface area contributed by atoms with Gasteiger partial charge in [-0.1, -0.05) is 254 Å². The molecule has 7 atom stereocenters. The van der Waals surface area contributed by atoms with Crippen molar-refractivity contribution in [1.29, 1.82) is 0 Å². The highest BCUT2D eigenvalue weighted by Crippen LogP contribution is 2.26.